The van der Waals surface area contributed by atoms with Crippen molar-refractivity contribution in [2.75, 3.05) is 38.2 Å². The largest absolute Gasteiger partial charge is 0.379 e. The van der Waals surface area contributed by atoms with Crippen molar-refractivity contribution in [3.05, 3.63) is 65.7 Å². The molecule has 2 saturated heterocycles. The molecule has 1 unspecified atom stereocenters. The summed E-state index contributed by atoms with van der Waals surface area (Å²) in [6.45, 7) is 5.49. The maximum Gasteiger partial charge on any atom is 0.325 e. The van der Waals surface area contributed by atoms with Crippen molar-refractivity contribution in [3.8, 4) is 0 Å². The number of imide groups is 1. The van der Waals surface area contributed by atoms with Crippen molar-refractivity contribution in [2.45, 2.75) is 25.4 Å². The van der Waals surface area contributed by atoms with Crippen LogP contribution < -0.4 is 10.6 Å². The normalized spacial score (nSPS) is 21.5. The molecule has 8 heteroatoms. The van der Waals surface area contributed by atoms with Crippen molar-refractivity contribution in [1.82, 2.24) is 15.1 Å². The van der Waals surface area contributed by atoms with Gasteiger partial charge in [0, 0.05) is 25.3 Å². The number of hydrogen-bond donors (Lipinski definition) is 2. The van der Waals surface area contributed by atoms with Crippen molar-refractivity contribution in [3.63, 3.8) is 0 Å². The second-order valence-corrected chi connectivity index (χ2v) is 8.08. The molecule has 4 rings (SSSR count). The fourth-order valence-electron chi connectivity index (χ4n) is 4.24. The Labute approximate surface area is 187 Å². The second-order valence-electron chi connectivity index (χ2n) is 8.08. The summed E-state index contributed by atoms with van der Waals surface area (Å²) < 4.78 is 5.38. The standard InChI is InChI=1S/C24H28N4O4/c1-2-24(19-8-4-3-5-9-19)22(30)28(23(31)26-24)17-21(29)25-20-10-6-7-18(15-20)16-27-11-13-32-14-12-27/h3-10,15H,2,11-14,16-17H2,1H3,(H,25,29)(H,26,31). The zero-order valence-corrected chi connectivity index (χ0v) is 18.2. The fourth-order valence-corrected chi connectivity index (χ4v) is 4.24. The summed E-state index contributed by atoms with van der Waals surface area (Å²) in [6.07, 6.45) is 0.392. The summed E-state index contributed by atoms with van der Waals surface area (Å²) in [5.74, 6) is -0.829. The van der Waals surface area contributed by atoms with E-state index in [0.717, 1.165) is 43.3 Å². The van der Waals surface area contributed by atoms with E-state index in [9.17, 15) is 14.4 Å². The third-order valence-corrected chi connectivity index (χ3v) is 5.99. The number of nitrogens with one attached hydrogen (secondary N) is 2. The molecule has 0 aliphatic carbocycles. The molecule has 2 aromatic rings. The molecule has 168 valence electrons. The number of rotatable bonds is 7. The highest BCUT2D eigenvalue weighted by Crippen LogP contribution is 2.32. The third-order valence-electron chi connectivity index (χ3n) is 5.99. The molecule has 0 saturated carbocycles. The summed E-state index contributed by atoms with van der Waals surface area (Å²) in [4.78, 5) is 41.7. The van der Waals surface area contributed by atoms with Gasteiger partial charge in [-0.05, 0) is 29.7 Å². The third kappa shape index (κ3) is 4.51. The SMILES string of the molecule is CCC1(c2ccccc2)NC(=O)N(CC(=O)Nc2cccc(CN3CCOCC3)c2)C1=O. The first-order valence-electron chi connectivity index (χ1n) is 10.9. The Balaban J connectivity index is 1.41. The van der Waals surface area contributed by atoms with E-state index in [1.54, 1.807) is 6.07 Å². The number of anilines is 1. The fraction of sp³-hybridized carbons (Fsp3) is 0.375. The van der Waals surface area contributed by atoms with Crippen molar-refractivity contribution < 1.29 is 19.1 Å². The molecule has 2 heterocycles. The minimum absolute atomic E-state index is 0.340. The Kier molecular flexibility index (Phi) is 6.53. The Morgan fingerprint density at radius 3 is 2.56 bits per heavy atom. The quantitative estimate of drug-likeness (QED) is 0.650. The Morgan fingerprint density at radius 2 is 1.84 bits per heavy atom. The molecule has 0 spiro atoms. The molecule has 8 nitrogen and oxygen atoms in total. The van der Waals surface area contributed by atoms with Crippen LogP contribution >= 0.6 is 0 Å². The van der Waals surface area contributed by atoms with Crippen molar-refractivity contribution in [1.29, 1.82) is 0 Å². The Hall–Kier alpha value is -3.23. The number of hydrogen-bond acceptors (Lipinski definition) is 5. The van der Waals surface area contributed by atoms with E-state index < -0.39 is 23.4 Å². The maximum atomic E-state index is 13.2. The predicted octanol–water partition coefficient (Wildman–Crippen LogP) is 2.31. The van der Waals surface area contributed by atoms with Gasteiger partial charge in [0.2, 0.25) is 5.91 Å². The molecule has 0 bridgehead atoms. The van der Waals surface area contributed by atoms with Crippen LogP contribution in [-0.4, -0.2) is 60.5 Å². The summed E-state index contributed by atoms with van der Waals surface area (Å²) in [7, 11) is 0. The van der Waals surface area contributed by atoms with Gasteiger partial charge < -0.3 is 15.4 Å². The summed E-state index contributed by atoms with van der Waals surface area (Å²) in [6, 6.07) is 16.2. The zero-order chi connectivity index (χ0) is 22.6. The van der Waals surface area contributed by atoms with Gasteiger partial charge in [-0.1, -0.05) is 49.4 Å². The molecular weight excluding hydrogens is 408 g/mol. The van der Waals surface area contributed by atoms with E-state index >= 15 is 0 Å². The number of carbonyl (C=O) groups is 3. The average molecular weight is 437 g/mol. The lowest BCUT2D eigenvalue weighted by atomic mass is 9.87. The zero-order valence-electron chi connectivity index (χ0n) is 18.2. The van der Waals surface area contributed by atoms with Gasteiger partial charge >= 0.3 is 6.03 Å². The first kappa shape index (κ1) is 22.0. The predicted molar refractivity (Wildman–Crippen MR) is 120 cm³/mol. The van der Waals surface area contributed by atoms with Crippen LogP contribution in [0.2, 0.25) is 0 Å². The van der Waals surface area contributed by atoms with E-state index in [4.69, 9.17) is 4.74 Å². The molecule has 32 heavy (non-hydrogen) atoms. The average Bonchev–Trinajstić information content (AvgIpc) is 3.05. The molecular formula is C24H28N4O4. The summed E-state index contributed by atoms with van der Waals surface area (Å²) in [5.41, 5.74) is 1.28. The number of urea groups is 1. The monoisotopic (exact) mass is 436 g/mol. The van der Waals surface area contributed by atoms with Gasteiger partial charge in [-0.15, -0.1) is 0 Å². The molecule has 4 amide bonds. The Bertz CT molecular complexity index is 991. The highest BCUT2D eigenvalue weighted by molar-refractivity contribution is 6.10. The van der Waals surface area contributed by atoms with Crippen LogP contribution in [0.1, 0.15) is 24.5 Å². The Morgan fingerprint density at radius 1 is 1.09 bits per heavy atom. The molecule has 2 N–H and O–H groups in total. The second kappa shape index (κ2) is 9.50. The van der Waals surface area contributed by atoms with Crippen molar-refractivity contribution >= 4 is 23.5 Å². The van der Waals surface area contributed by atoms with Gasteiger partial charge in [-0.25, -0.2) is 4.79 Å². The number of nitrogens with zero attached hydrogens (tertiary/aromatic N) is 2. The highest BCUT2D eigenvalue weighted by atomic mass is 16.5. The molecule has 2 aliphatic heterocycles. The molecule has 2 aromatic carbocycles. The lowest BCUT2D eigenvalue weighted by molar-refractivity contribution is -0.134. The van der Waals surface area contributed by atoms with E-state index in [-0.39, 0.29) is 6.54 Å². The molecule has 0 radical (unpaired) electrons. The van der Waals surface area contributed by atoms with Crippen molar-refractivity contribution in [2.24, 2.45) is 0 Å². The highest BCUT2D eigenvalue weighted by Gasteiger charge is 2.51. The van der Waals surface area contributed by atoms with Crippen LogP contribution in [0.4, 0.5) is 10.5 Å². The lowest BCUT2D eigenvalue weighted by Crippen LogP contribution is -2.44. The van der Waals surface area contributed by atoms with E-state index in [2.05, 4.69) is 15.5 Å². The minimum atomic E-state index is -1.14. The van der Waals surface area contributed by atoms with Gasteiger partial charge in [0.05, 0.1) is 13.2 Å². The minimum Gasteiger partial charge on any atom is -0.379 e. The number of amides is 4. The van der Waals surface area contributed by atoms with E-state index in [1.165, 1.54) is 0 Å². The van der Waals surface area contributed by atoms with Crippen LogP contribution in [-0.2, 0) is 26.4 Å². The van der Waals surface area contributed by atoms with Gasteiger partial charge in [-0.3, -0.25) is 19.4 Å². The number of morpholine rings is 1. The van der Waals surface area contributed by atoms with Gasteiger partial charge in [-0.2, -0.15) is 0 Å². The molecule has 0 aromatic heterocycles. The number of ether oxygens (including phenoxy) is 1. The van der Waals surface area contributed by atoms with Gasteiger partial charge in [0.15, 0.2) is 0 Å². The lowest BCUT2D eigenvalue weighted by Gasteiger charge is -2.26. The molecule has 1 atom stereocenters. The summed E-state index contributed by atoms with van der Waals surface area (Å²) in [5, 5.41) is 5.62. The van der Waals surface area contributed by atoms with Crippen LogP contribution in [0.5, 0.6) is 0 Å². The van der Waals surface area contributed by atoms with Crippen LogP contribution in [0.25, 0.3) is 0 Å². The van der Waals surface area contributed by atoms with E-state index in [1.807, 2.05) is 55.5 Å². The van der Waals surface area contributed by atoms with Crippen LogP contribution in [0.3, 0.4) is 0 Å². The summed E-state index contributed by atoms with van der Waals surface area (Å²) >= 11 is 0. The van der Waals surface area contributed by atoms with Gasteiger partial charge in [0.25, 0.3) is 5.91 Å². The van der Waals surface area contributed by atoms with E-state index in [0.29, 0.717) is 17.7 Å². The molecule has 2 aliphatic rings. The topological polar surface area (TPSA) is 91.0 Å². The van der Waals surface area contributed by atoms with Crippen LogP contribution in [0.15, 0.2) is 54.6 Å². The smallest absolute Gasteiger partial charge is 0.325 e. The van der Waals surface area contributed by atoms with Gasteiger partial charge in [0.1, 0.15) is 12.1 Å². The maximum absolute atomic E-state index is 13.2. The number of benzene rings is 2. The molecule has 2 fully saturated rings. The number of carbonyl (C=O) groups excluding carboxylic acids is 3. The van der Waals surface area contributed by atoms with Crippen LogP contribution in [0, 0.1) is 0 Å². The first-order valence-corrected chi connectivity index (χ1v) is 10.9. The first-order chi connectivity index (χ1) is 15.5.